The van der Waals surface area contributed by atoms with Gasteiger partial charge in [0, 0.05) is 0 Å². The third-order valence-corrected chi connectivity index (χ3v) is 0.743. The molecule has 4 N–H and O–H groups in total. The van der Waals surface area contributed by atoms with E-state index >= 15 is 0 Å². The number of rotatable bonds is 0. The number of quaternary nitrogens is 1. The maximum Gasteiger partial charge on any atom is -0.0623 e. The van der Waals surface area contributed by atoms with Crippen LogP contribution in [-0.4, -0.2) is 5.21 Å². The molecule has 0 aliphatic rings. The number of hydrogen-bond acceptors (Lipinski definition) is 2. The van der Waals surface area contributed by atoms with E-state index in [1.807, 2.05) is 6.07 Å². The van der Waals surface area contributed by atoms with E-state index in [9.17, 15) is 5.11 Å². The molecule has 9 heavy (non-hydrogen) atoms. The molecule has 0 heterocycles. The summed E-state index contributed by atoms with van der Waals surface area (Å²) in [6.45, 7) is 0. The molecule has 3 nitrogen and oxygen atoms in total. The van der Waals surface area contributed by atoms with E-state index < -0.39 is 0 Å². The molecule has 50 valence electrons. The van der Waals surface area contributed by atoms with E-state index in [1.54, 1.807) is 12.1 Å². The lowest BCUT2D eigenvalue weighted by atomic mass is 10.3. The summed E-state index contributed by atoms with van der Waals surface area (Å²) in [5.74, 6) is 2.32. The third-order valence-electron chi connectivity index (χ3n) is 0.743. The molecule has 0 saturated heterocycles. The zero-order valence-corrected chi connectivity index (χ0v) is 4.95. The second-order valence-corrected chi connectivity index (χ2v) is 1.31. The van der Waals surface area contributed by atoms with Crippen LogP contribution in [0.25, 0.3) is 0 Å². The summed E-state index contributed by atoms with van der Waals surface area (Å²) in [6, 6.07) is 8.33. The van der Waals surface area contributed by atoms with Gasteiger partial charge in [-0.1, -0.05) is 30.3 Å². The minimum absolute atomic E-state index is 0.0718. The second kappa shape index (κ2) is 5.08. The first kappa shape index (κ1) is 7.94. The highest BCUT2D eigenvalue weighted by Gasteiger charge is 1.64. The normalized spacial score (nSPS) is 7.33. The van der Waals surface area contributed by atoms with E-state index in [1.165, 1.54) is 12.1 Å². The highest BCUT2D eigenvalue weighted by molar-refractivity contribution is 5.17. The summed E-state index contributed by atoms with van der Waals surface area (Å²) in [6.07, 6.45) is 0. The first-order valence-corrected chi connectivity index (χ1v) is 2.43. The quantitative estimate of drug-likeness (QED) is 0.456. The van der Waals surface area contributed by atoms with Gasteiger partial charge in [-0.25, -0.2) is 11.1 Å². The summed E-state index contributed by atoms with van der Waals surface area (Å²) >= 11 is 0. The lowest BCUT2D eigenvalue weighted by molar-refractivity contribution is -0.670. The lowest BCUT2D eigenvalue weighted by Crippen LogP contribution is -2.42. The van der Waals surface area contributed by atoms with Crippen LogP contribution in [-0.2, 0) is 0 Å². The van der Waals surface area contributed by atoms with E-state index in [0.29, 0.717) is 0 Å². The van der Waals surface area contributed by atoms with Crippen LogP contribution in [0, 0.1) is 0 Å². The molecule has 0 bridgehead atoms. The van der Waals surface area contributed by atoms with Crippen molar-refractivity contribution in [2.75, 3.05) is 0 Å². The van der Waals surface area contributed by atoms with Crippen molar-refractivity contribution in [3.8, 4) is 5.75 Å². The Bertz CT molecular complexity index is 141. The highest BCUT2D eigenvalue weighted by Crippen LogP contribution is 1.98. The van der Waals surface area contributed by atoms with E-state index in [4.69, 9.17) is 5.21 Å². The highest BCUT2D eigenvalue weighted by atomic mass is 16.4. The summed E-state index contributed by atoms with van der Waals surface area (Å²) in [5, 5.41) is 17.0. The Morgan fingerprint density at radius 3 is 1.78 bits per heavy atom. The Balaban J connectivity index is 0.000000291. The third kappa shape index (κ3) is 3.52. The van der Waals surface area contributed by atoms with Crippen LogP contribution in [0.3, 0.4) is 0 Å². The molecule has 0 radical (unpaired) electrons. The molecule has 1 aromatic rings. The van der Waals surface area contributed by atoms with Crippen LogP contribution < -0.4 is 11.0 Å². The van der Waals surface area contributed by atoms with E-state index in [0.717, 1.165) is 0 Å². The van der Waals surface area contributed by atoms with Crippen molar-refractivity contribution in [1.82, 2.24) is 0 Å². The predicted molar refractivity (Wildman–Crippen MR) is 30.6 cm³/mol. The molecule has 0 atom stereocenters. The van der Waals surface area contributed by atoms with Gasteiger partial charge in [0.05, 0.1) is 0 Å². The molecule has 0 aliphatic carbocycles. The van der Waals surface area contributed by atoms with Crippen LogP contribution in [0.4, 0.5) is 0 Å². The van der Waals surface area contributed by atoms with Crippen molar-refractivity contribution in [3.63, 3.8) is 0 Å². The monoisotopic (exact) mass is 127 g/mol. The van der Waals surface area contributed by atoms with Gasteiger partial charge in [0.15, 0.2) is 0 Å². The average Bonchev–Trinajstić information content (AvgIpc) is 1.94. The Kier molecular flexibility index (Phi) is 4.49. The van der Waals surface area contributed by atoms with Gasteiger partial charge in [0.2, 0.25) is 0 Å². The largest absolute Gasteiger partial charge is 0.872 e. The van der Waals surface area contributed by atoms with Crippen LogP contribution >= 0.6 is 0 Å². The summed E-state index contributed by atoms with van der Waals surface area (Å²) < 4.78 is 0. The molecule has 1 rings (SSSR count). The Labute approximate surface area is 53.3 Å². The molecule has 0 spiro atoms. The van der Waals surface area contributed by atoms with E-state index in [-0.39, 0.29) is 5.75 Å². The Morgan fingerprint density at radius 2 is 1.56 bits per heavy atom. The smallest absolute Gasteiger partial charge is 0.0623 e. The molecule has 0 aliphatic heterocycles. The zero-order valence-electron chi connectivity index (χ0n) is 4.95. The average molecular weight is 127 g/mol. The second-order valence-electron chi connectivity index (χ2n) is 1.31. The van der Waals surface area contributed by atoms with Gasteiger partial charge in [0.25, 0.3) is 0 Å². The fraction of sp³-hybridized carbons (Fsp3) is 0. The maximum absolute atomic E-state index is 10.3. The van der Waals surface area contributed by atoms with Crippen LogP contribution in [0.15, 0.2) is 30.3 Å². The van der Waals surface area contributed by atoms with Crippen molar-refractivity contribution in [3.05, 3.63) is 30.3 Å². The zero-order chi connectivity index (χ0) is 7.11. The molecule has 0 unspecified atom stereocenters. The maximum atomic E-state index is 10.3. The molecule has 0 amide bonds. The molecule has 0 saturated carbocycles. The van der Waals surface area contributed by atoms with Gasteiger partial charge < -0.3 is 5.11 Å². The van der Waals surface area contributed by atoms with Crippen LogP contribution in [0.5, 0.6) is 5.75 Å². The van der Waals surface area contributed by atoms with E-state index in [2.05, 4.69) is 5.90 Å². The molecule has 1 aromatic carbocycles. The van der Waals surface area contributed by atoms with Crippen molar-refractivity contribution < 1.29 is 16.2 Å². The topological polar surface area (TPSA) is 70.9 Å². The summed E-state index contributed by atoms with van der Waals surface area (Å²) in [4.78, 5) is 0. The van der Waals surface area contributed by atoms with Gasteiger partial charge in [-0.05, 0) is 0 Å². The molecule has 0 fully saturated rings. The van der Waals surface area contributed by atoms with Gasteiger partial charge >= 0.3 is 0 Å². The lowest BCUT2D eigenvalue weighted by Gasteiger charge is -1.98. The van der Waals surface area contributed by atoms with Crippen molar-refractivity contribution in [1.29, 1.82) is 0 Å². The Hall–Kier alpha value is -1.06. The standard InChI is InChI=1S/C6H6O.H4NO/c7-6-4-2-1-3-5-6;1-2/h1-5,7H;2H,1H3/q;+1/p-1. The van der Waals surface area contributed by atoms with Crippen molar-refractivity contribution in [2.24, 2.45) is 0 Å². The van der Waals surface area contributed by atoms with Gasteiger partial charge in [-0.2, -0.15) is 0 Å². The number of hydrogen-bond donors (Lipinski definition) is 2. The summed E-state index contributed by atoms with van der Waals surface area (Å²) in [7, 11) is 0. The predicted octanol–water partition coefficient (Wildman–Crippen LogP) is -0.622. The van der Waals surface area contributed by atoms with Crippen LogP contribution in [0.1, 0.15) is 0 Å². The molecule has 0 aromatic heterocycles. The first-order valence-electron chi connectivity index (χ1n) is 2.43. The molecule has 3 heteroatoms. The fourth-order valence-corrected chi connectivity index (χ4v) is 0.420. The summed E-state index contributed by atoms with van der Waals surface area (Å²) in [5.41, 5.74) is 0. The minimum Gasteiger partial charge on any atom is -0.872 e. The first-order chi connectivity index (χ1) is 4.39. The fourth-order valence-electron chi connectivity index (χ4n) is 0.420. The molecular formula is C6H9NO2. The van der Waals surface area contributed by atoms with Gasteiger partial charge in [-0.15, -0.1) is 5.75 Å². The molecular weight excluding hydrogens is 118 g/mol. The van der Waals surface area contributed by atoms with Crippen molar-refractivity contribution >= 4 is 0 Å². The van der Waals surface area contributed by atoms with Gasteiger partial charge in [0.1, 0.15) is 0 Å². The number of para-hydroxylation sites is 1. The SMILES string of the molecule is [NH3+]O.[O-]c1ccccc1. The van der Waals surface area contributed by atoms with Gasteiger partial charge in [-0.3, -0.25) is 0 Å². The minimum atomic E-state index is 0.0718. The van der Waals surface area contributed by atoms with Crippen molar-refractivity contribution in [2.45, 2.75) is 0 Å². The van der Waals surface area contributed by atoms with Crippen LogP contribution in [0.2, 0.25) is 0 Å². The Morgan fingerprint density at radius 1 is 1.11 bits per heavy atom. The number of benzene rings is 1.